The van der Waals surface area contributed by atoms with Gasteiger partial charge in [-0.15, -0.1) is 0 Å². The average Bonchev–Trinajstić information content (AvgIpc) is 2.27. The molecule has 2 N–H and O–H groups in total. The van der Waals surface area contributed by atoms with E-state index < -0.39 is 0 Å². The van der Waals surface area contributed by atoms with Gasteiger partial charge in [-0.3, -0.25) is 4.79 Å². The van der Waals surface area contributed by atoms with Crippen molar-refractivity contribution in [3.8, 4) is 0 Å². The van der Waals surface area contributed by atoms with Crippen molar-refractivity contribution in [2.24, 2.45) is 0 Å². The molecule has 0 amide bonds. The summed E-state index contributed by atoms with van der Waals surface area (Å²) in [5.41, 5.74) is 1.73. The molecule has 3 nitrogen and oxygen atoms in total. The summed E-state index contributed by atoms with van der Waals surface area (Å²) in [5, 5.41) is 18.2. The first-order valence-electron chi connectivity index (χ1n) is 5.25. The molecule has 0 radical (unpaired) electrons. The van der Waals surface area contributed by atoms with Crippen LogP contribution in [0.3, 0.4) is 0 Å². The summed E-state index contributed by atoms with van der Waals surface area (Å²) >= 11 is 0. The Balaban J connectivity index is 2.69. The van der Waals surface area contributed by atoms with Crippen LogP contribution >= 0.6 is 0 Å². The van der Waals surface area contributed by atoms with E-state index in [1.807, 2.05) is 19.1 Å². The molecule has 0 bridgehead atoms. The highest BCUT2D eigenvalue weighted by atomic mass is 16.3. The Hall–Kier alpha value is -1.61. The second kappa shape index (κ2) is 6.08. The number of ketones is 1. The van der Waals surface area contributed by atoms with Crippen LogP contribution in [0.1, 0.15) is 24.0 Å². The number of aryl methyl sites for hydroxylation is 1. The molecule has 0 spiro atoms. The minimum Gasteiger partial charge on any atom is -0.507 e. The zero-order chi connectivity index (χ0) is 12.0. The molecule has 0 fully saturated rings. The fourth-order valence-electron chi connectivity index (χ4n) is 1.29. The molecule has 1 aromatic rings. The monoisotopic (exact) mass is 220 g/mol. The van der Waals surface area contributed by atoms with Crippen LogP contribution < -0.4 is 0 Å². The third kappa shape index (κ3) is 3.87. The normalized spacial score (nSPS) is 11.5. The summed E-state index contributed by atoms with van der Waals surface area (Å²) in [4.78, 5) is 11.3. The molecule has 0 aliphatic heterocycles. The SMILES string of the molecule is Cc1ccc(C(O)=CC(=O)CCCO)cc1. The lowest BCUT2D eigenvalue weighted by atomic mass is 10.1. The van der Waals surface area contributed by atoms with Gasteiger partial charge in [-0.05, 0) is 13.3 Å². The minimum absolute atomic E-state index is 0.00905. The standard InChI is InChI=1S/C13H16O3/c1-10-4-6-11(7-5-10)13(16)9-12(15)3-2-8-14/h4-7,9,14,16H,2-3,8H2,1H3. The van der Waals surface area contributed by atoms with Gasteiger partial charge in [-0.25, -0.2) is 0 Å². The number of carbonyl (C=O) groups excluding carboxylic acids is 1. The molecule has 0 saturated heterocycles. The highest BCUT2D eigenvalue weighted by Crippen LogP contribution is 2.12. The van der Waals surface area contributed by atoms with Gasteiger partial charge in [0.1, 0.15) is 5.76 Å². The van der Waals surface area contributed by atoms with Crippen LogP contribution in [0.15, 0.2) is 30.3 Å². The summed E-state index contributed by atoms with van der Waals surface area (Å²) < 4.78 is 0. The van der Waals surface area contributed by atoms with E-state index in [1.54, 1.807) is 12.1 Å². The first-order chi connectivity index (χ1) is 7.63. The number of allylic oxidation sites excluding steroid dienone is 1. The number of aliphatic hydroxyl groups is 2. The first-order valence-corrected chi connectivity index (χ1v) is 5.25. The maximum atomic E-state index is 11.3. The summed E-state index contributed by atoms with van der Waals surface area (Å²) in [6.07, 6.45) is 1.89. The Labute approximate surface area is 95.0 Å². The Kier molecular flexibility index (Phi) is 4.73. The van der Waals surface area contributed by atoms with Crippen LogP contribution in [0.2, 0.25) is 0 Å². The molecule has 1 rings (SSSR count). The Morgan fingerprint density at radius 3 is 2.50 bits per heavy atom. The second-order valence-corrected chi connectivity index (χ2v) is 3.69. The molecule has 0 aliphatic carbocycles. The van der Waals surface area contributed by atoms with Crippen molar-refractivity contribution in [2.45, 2.75) is 19.8 Å². The molecule has 0 aliphatic rings. The van der Waals surface area contributed by atoms with Crippen molar-refractivity contribution in [1.29, 1.82) is 0 Å². The Bertz CT molecular complexity index is 377. The smallest absolute Gasteiger partial charge is 0.159 e. The van der Waals surface area contributed by atoms with Crippen molar-refractivity contribution in [3.63, 3.8) is 0 Å². The van der Waals surface area contributed by atoms with Crippen LogP contribution in [0.25, 0.3) is 5.76 Å². The zero-order valence-corrected chi connectivity index (χ0v) is 9.31. The van der Waals surface area contributed by atoms with Gasteiger partial charge in [0.2, 0.25) is 0 Å². The van der Waals surface area contributed by atoms with E-state index in [0.717, 1.165) is 5.56 Å². The van der Waals surface area contributed by atoms with Gasteiger partial charge in [0.25, 0.3) is 0 Å². The van der Waals surface area contributed by atoms with E-state index in [4.69, 9.17) is 5.11 Å². The van der Waals surface area contributed by atoms with Gasteiger partial charge in [0.15, 0.2) is 5.78 Å². The lowest BCUT2D eigenvalue weighted by molar-refractivity contribution is -0.114. The van der Waals surface area contributed by atoms with E-state index >= 15 is 0 Å². The number of hydrogen-bond donors (Lipinski definition) is 2. The Morgan fingerprint density at radius 1 is 1.31 bits per heavy atom. The van der Waals surface area contributed by atoms with Gasteiger partial charge in [-0.2, -0.15) is 0 Å². The number of hydrogen-bond acceptors (Lipinski definition) is 3. The number of rotatable bonds is 5. The van der Waals surface area contributed by atoms with E-state index in [9.17, 15) is 9.90 Å². The van der Waals surface area contributed by atoms with E-state index in [0.29, 0.717) is 12.0 Å². The summed E-state index contributed by atoms with van der Waals surface area (Å²) in [6.45, 7) is 1.95. The largest absolute Gasteiger partial charge is 0.507 e. The molecule has 0 unspecified atom stereocenters. The average molecular weight is 220 g/mol. The quantitative estimate of drug-likeness (QED) is 0.591. The molecule has 86 valence electrons. The van der Waals surface area contributed by atoms with Gasteiger partial charge >= 0.3 is 0 Å². The van der Waals surface area contributed by atoms with Crippen LogP contribution in [-0.2, 0) is 4.79 Å². The van der Waals surface area contributed by atoms with Crippen molar-refractivity contribution in [3.05, 3.63) is 41.5 Å². The van der Waals surface area contributed by atoms with E-state index in [2.05, 4.69) is 0 Å². The highest BCUT2D eigenvalue weighted by molar-refractivity contribution is 5.95. The van der Waals surface area contributed by atoms with Crippen molar-refractivity contribution in [2.75, 3.05) is 6.61 Å². The molecule has 1 aromatic carbocycles. The van der Waals surface area contributed by atoms with Gasteiger partial charge in [0, 0.05) is 24.7 Å². The van der Waals surface area contributed by atoms with Crippen molar-refractivity contribution in [1.82, 2.24) is 0 Å². The maximum absolute atomic E-state index is 11.3. The lowest BCUT2D eigenvalue weighted by Crippen LogP contribution is -1.97. The van der Waals surface area contributed by atoms with Gasteiger partial charge in [0.05, 0.1) is 0 Å². The molecule has 0 aromatic heterocycles. The molecule has 3 heteroatoms. The fraction of sp³-hybridized carbons (Fsp3) is 0.308. The third-order valence-corrected chi connectivity index (χ3v) is 2.23. The van der Waals surface area contributed by atoms with Crippen LogP contribution in [0.4, 0.5) is 0 Å². The molecule has 16 heavy (non-hydrogen) atoms. The number of carbonyl (C=O) groups is 1. The number of aliphatic hydroxyl groups excluding tert-OH is 2. The molecular weight excluding hydrogens is 204 g/mol. The van der Waals surface area contributed by atoms with Crippen LogP contribution in [0, 0.1) is 6.92 Å². The summed E-state index contributed by atoms with van der Waals surface area (Å²) in [6, 6.07) is 7.27. The Morgan fingerprint density at radius 2 is 1.94 bits per heavy atom. The maximum Gasteiger partial charge on any atom is 0.159 e. The second-order valence-electron chi connectivity index (χ2n) is 3.69. The van der Waals surface area contributed by atoms with Crippen LogP contribution in [-0.4, -0.2) is 22.6 Å². The van der Waals surface area contributed by atoms with Crippen LogP contribution in [0.5, 0.6) is 0 Å². The lowest BCUT2D eigenvalue weighted by Gasteiger charge is -2.00. The molecular formula is C13H16O3. The van der Waals surface area contributed by atoms with Crippen molar-refractivity contribution >= 4 is 11.5 Å². The summed E-state index contributed by atoms with van der Waals surface area (Å²) in [7, 11) is 0. The minimum atomic E-state index is -0.174. The predicted octanol–water partition coefficient (Wildman–Crippen LogP) is 2.24. The van der Waals surface area contributed by atoms with E-state index in [-0.39, 0.29) is 24.6 Å². The highest BCUT2D eigenvalue weighted by Gasteiger charge is 2.02. The van der Waals surface area contributed by atoms with Gasteiger partial charge in [-0.1, -0.05) is 29.8 Å². The molecule has 0 atom stereocenters. The summed E-state index contributed by atoms with van der Waals surface area (Å²) in [5.74, 6) is -0.199. The van der Waals surface area contributed by atoms with Gasteiger partial charge < -0.3 is 10.2 Å². The zero-order valence-electron chi connectivity index (χ0n) is 9.31. The van der Waals surface area contributed by atoms with E-state index in [1.165, 1.54) is 6.08 Å². The van der Waals surface area contributed by atoms with Crippen molar-refractivity contribution < 1.29 is 15.0 Å². The molecule has 0 saturated carbocycles. The topological polar surface area (TPSA) is 57.5 Å². The third-order valence-electron chi connectivity index (χ3n) is 2.23. The predicted molar refractivity (Wildman–Crippen MR) is 63.1 cm³/mol. The first kappa shape index (κ1) is 12.5. The molecule has 0 heterocycles. The fourth-order valence-corrected chi connectivity index (χ4v) is 1.29. The number of benzene rings is 1.